The molecule has 3 atom stereocenters. The van der Waals surface area contributed by atoms with Gasteiger partial charge in [-0.1, -0.05) is 13.0 Å². The standard InChI is InChI=1S/C26H43NO8/c1-4-25(29)33-19-22-17-21(6-5-10-30-12-14-32-15-13-31-11-9-27-3)7-8-24(22)35-26-18-23(28)16-20(2)34-26/h7-8,17,20,23,26-28H,4-6,9-16,18-19H2,1-3H3. The van der Waals surface area contributed by atoms with Gasteiger partial charge >= 0.3 is 5.97 Å². The minimum Gasteiger partial charge on any atom is -0.464 e. The van der Waals surface area contributed by atoms with E-state index in [0.717, 1.165) is 30.5 Å². The molecule has 200 valence electrons. The van der Waals surface area contributed by atoms with Gasteiger partial charge in [-0.3, -0.25) is 4.79 Å². The van der Waals surface area contributed by atoms with E-state index in [-0.39, 0.29) is 18.7 Å². The Hall–Kier alpha value is -1.75. The number of carbonyl (C=O) groups is 1. The van der Waals surface area contributed by atoms with Crippen molar-refractivity contribution >= 4 is 5.97 Å². The number of ether oxygens (including phenoxy) is 6. The number of aliphatic hydroxyl groups excluding tert-OH is 1. The van der Waals surface area contributed by atoms with Crippen molar-refractivity contribution in [3.05, 3.63) is 29.3 Å². The van der Waals surface area contributed by atoms with Crippen molar-refractivity contribution in [3.63, 3.8) is 0 Å². The summed E-state index contributed by atoms with van der Waals surface area (Å²) in [6.45, 7) is 8.21. The molecule has 1 aromatic carbocycles. The zero-order valence-electron chi connectivity index (χ0n) is 21.5. The van der Waals surface area contributed by atoms with E-state index in [1.807, 2.05) is 32.2 Å². The number of aryl methyl sites for hydroxylation is 1. The minimum atomic E-state index is -0.532. The second-order valence-electron chi connectivity index (χ2n) is 8.62. The van der Waals surface area contributed by atoms with Crippen LogP contribution in [0.4, 0.5) is 0 Å². The quantitative estimate of drug-likeness (QED) is 0.234. The molecule has 1 fully saturated rings. The van der Waals surface area contributed by atoms with Gasteiger partial charge in [0.25, 0.3) is 0 Å². The summed E-state index contributed by atoms with van der Waals surface area (Å²) < 4.78 is 33.8. The number of rotatable bonds is 18. The number of esters is 1. The lowest BCUT2D eigenvalue weighted by Gasteiger charge is -2.31. The van der Waals surface area contributed by atoms with Gasteiger partial charge in [0.15, 0.2) is 0 Å². The SMILES string of the molecule is CCC(=O)OCc1cc(CCCOCCOCCOCCNC)ccc1OC1CC(O)CC(C)O1. The first-order valence-corrected chi connectivity index (χ1v) is 12.7. The lowest BCUT2D eigenvalue weighted by atomic mass is 10.0. The molecular formula is C26H43NO8. The number of nitrogens with one attached hydrogen (secondary N) is 1. The number of hydrogen-bond donors (Lipinski definition) is 2. The second-order valence-corrected chi connectivity index (χ2v) is 8.62. The first kappa shape index (κ1) is 29.5. The third-order valence-corrected chi connectivity index (χ3v) is 5.51. The monoisotopic (exact) mass is 497 g/mol. The summed E-state index contributed by atoms with van der Waals surface area (Å²) >= 11 is 0. The summed E-state index contributed by atoms with van der Waals surface area (Å²) in [6.07, 6.45) is 1.94. The van der Waals surface area contributed by atoms with Crippen LogP contribution in [0.25, 0.3) is 0 Å². The van der Waals surface area contributed by atoms with Crippen molar-refractivity contribution in [2.45, 2.75) is 71.1 Å². The maximum atomic E-state index is 11.7. The maximum absolute atomic E-state index is 11.7. The summed E-state index contributed by atoms with van der Waals surface area (Å²) in [6, 6.07) is 5.88. The second kappa shape index (κ2) is 17.6. The molecule has 0 bridgehead atoms. The number of aliphatic hydroxyl groups is 1. The summed E-state index contributed by atoms with van der Waals surface area (Å²) in [5, 5.41) is 13.1. The molecule has 1 saturated heterocycles. The van der Waals surface area contributed by atoms with Gasteiger partial charge in [-0.2, -0.15) is 0 Å². The topological polar surface area (TPSA) is 105 Å². The molecule has 0 spiro atoms. The van der Waals surface area contributed by atoms with Crippen LogP contribution in [0.3, 0.4) is 0 Å². The van der Waals surface area contributed by atoms with Gasteiger partial charge in [-0.25, -0.2) is 0 Å². The molecule has 2 N–H and O–H groups in total. The van der Waals surface area contributed by atoms with Gasteiger partial charge in [0, 0.05) is 31.6 Å². The number of likely N-dealkylation sites (N-methyl/N-ethyl adjacent to an activating group) is 1. The van der Waals surface area contributed by atoms with Crippen molar-refractivity contribution in [3.8, 4) is 5.75 Å². The Labute approximate surface area is 209 Å². The van der Waals surface area contributed by atoms with E-state index in [1.54, 1.807) is 6.92 Å². The molecule has 0 amide bonds. The molecule has 0 radical (unpaired) electrons. The average Bonchev–Trinajstić information content (AvgIpc) is 2.83. The molecule has 1 aliphatic rings. The lowest BCUT2D eigenvalue weighted by molar-refractivity contribution is -0.170. The van der Waals surface area contributed by atoms with E-state index in [4.69, 9.17) is 28.4 Å². The van der Waals surface area contributed by atoms with Crippen LogP contribution in [0.5, 0.6) is 5.75 Å². The smallest absolute Gasteiger partial charge is 0.305 e. The minimum absolute atomic E-state index is 0.0773. The Bertz CT molecular complexity index is 707. The first-order chi connectivity index (χ1) is 17.0. The Morgan fingerprint density at radius 3 is 2.49 bits per heavy atom. The Morgan fingerprint density at radius 2 is 1.80 bits per heavy atom. The van der Waals surface area contributed by atoms with Crippen LogP contribution in [0.2, 0.25) is 0 Å². The zero-order valence-corrected chi connectivity index (χ0v) is 21.5. The highest BCUT2D eigenvalue weighted by molar-refractivity contribution is 5.68. The predicted molar refractivity (Wildman–Crippen MR) is 131 cm³/mol. The van der Waals surface area contributed by atoms with Crippen molar-refractivity contribution in [2.75, 3.05) is 53.2 Å². The summed E-state index contributed by atoms with van der Waals surface area (Å²) in [5.74, 6) is 0.340. The van der Waals surface area contributed by atoms with Crippen LogP contribution in [-0.2, 0) is 41.5 Å². The third-order valence-electron chi connectivity index (χ3n) is 5.51. The summed E-state index contributed by atoms with van der Waals surface area (Å²) in [7, 11) is 1.89. The average molecular weight is 498 g/mol. The molecule has 2 rings (SSSR count). The van der Waals surface area contributed by atoms with Crippen LogP contribution in [0.15, 0.2) is 18.2 Å². The van der Waals surface area contributed by atoms with Gasteiger partial charge in [-0.15, -0.1) is 0 Å². The summed E-state index contributed by atoms with van der Waals surface area (Å²) in [5.41, 5.74) is 1.89. The summed E-state index contributed by atoms with van der Waals surface area (Å²) in [4.78, 5) is 11.7. The largest absolute Gasteiger partial charge is 0.464 e. The Kier molecular flexibility index (Phi) is 14.9. The van der Waals surface area contributed by atoms with Gasteiger partial charge in [0.05, 0.1) is 45.2 Å². The molecule has 1 aliphatic heterocycles. The van der Waals surface area contributed by atoms with E-state index in [2.05, 4.69) is 5.32 Å². The maximum Gasteiger partial charge on any atom is 0.305 e. The van der Waals surface area contributed by atoms with E-state index in [0.29, 0.717) is 64.7 Å². The van der Waals surface area contributed by atoms with Crippen molar-refractivity contribution in [2.24, 2.45) is 0 Å². The normalized spacial score (nSPS) is 20.1. The fraction of sp³-hybridized carbons (Fsp3) is 0.731. The fourth-order valence-electron chi connectivity index (χ4n) is 3.66. The Morgan fingerprint density at radius 1 is 1.09 bits per heavy atom. The molecular weight excluding hydrogens is 454 g/mol. The molecule has 1 heterocycles. The highest BCUT2D eigenvalue weighted by atomic mass is 16.7. The molecule has 0 saturated carbocycles. The molecule has 0 aromatic heterocycles. The van der Waals surface area contributed by atoms with Crippen LogP contribution in [-0.4, -0.2) is 82.8 Å². The zero-order chi connectivity index (χ0) is 25.3. The van der Waals surface area contributed by atoms with Crippen molar-refractivity contribution < 1.29 is 38.3 Å². The van der Waals surface area contributed by atoms with Gasteiger partial charge < -0.3 is 38.8 Å². The third kappa shape index (κ3) is 12.7. The van der Waals surface area contributed by atoms with E-state index in [9.17, 15) is 9.90 Å². The Balaban J connectivity index is 1.75. The van der Waals surface area contributed by atoms with Crippen molar-refractivity contribution in [1.29, 1.82) is 0 Å². The molecule has 1 aromatic rings. The van der Waals surface area contributed by atoms with E-state index < -0.39 is 12.4 Å². The van der Waals surface area contributed by atoms with Gasteiger partial charge in [0.1, 0.15) is 12.4 Å². The van der Waals surface area contributed by atoms with Gasteiger partial charge in [0.2, 0.25) is 6.29 Å². The number of benzene rings is 1. The fourth-order valence-corrected chi connectivity index (χ4v) is 3.66. The highest BCUT2D eigenvalue weighted by Gasteiger charge is 2.27. The predicted octanol–water partition coefficient (Wildman–Crippen LogP) is 2.61. The van der Waals surface area contributed by atoms with Crippen LogP contribution in [0.1, 0.15) is 50.7 Å². The van der Waals surface area contributed by atoms with Crippen LogP contribution < -0.4 is 10.1 Å². The van der Waals surface area contributed by atoms with Crippen LogP contribution >= 0.6 is 0 Å². The number of carbonyl (C=O) groups excluding carboxylic acids is 1. The number of hydrogen-bond acceptors (Lipinski definition) is 9. The molecule has 9 nitrogen and oxygen atoms in total. The molecule has 0 aliphatic carbocycles. The molecule has 3 unspecified atom stereocenters. The van der Waals surface area contributed by atoms with E-state index in [1.165, 1.54) is 0 Å². The van der Waals surface area contributed by atoms with Crippen LogP contribution in [0, 0.1) is 0 Å². The van der Waals surface area contributed by atoms with E-state index >= 15 is 0 Å². The van der Waals surface area contributed by atoms with Crippen molar-refractivity contribution in [1.82, 2.24) is 5.32 Å². The highest BCUT2D eigenvalue weighted by Crippen LogP contribution is 2.27. The van der Waals surface area contributed by atoms with Gasteiger partial charge in [-0.05, 0) is 50.9 Å². The molecule has 35 heavy (non-hydrogen) atoms. The first-order valence-electron chi connectivity index (χ1n) is 12.7. The lowest BCUT2D eigenvalue weighted by Crippen LogP contribution is -2.37. The molecule has 9 heteroatoms.